The van der Waals surface area contributed by atoms with Crippen molar-refractivity contribution >= 4 is 9.76 Å². The van der Waals surface area contributed by atoms with Crippen LogP contribution in [0.1, 0.15) is 45.1 Å². The second-order valence-corrected chi connectivity index (χ2v) is 7.00. The van der Waals surface area contributed by atoms with Gasteiger partial charge in [-0.25, -0.2) is 17.6 Å². The van der Waals surface area contributed by atoms with Crippen molar-refractivity contribution in [2.24, 2.45) is 0 Å². The highest BCUT2D eigenvalue weighted by Crippen LogP contribution is 2.20. The predicted octanol–water partition coefficient (Wildman–Crippen LogP) is 4.22. The van der Waals surface area contributed by atoms with Crippen LogP contribution in [0.5, 0.6) is 0 Å². The SMILES string of the molecule is CCOC(OCC)O[SiH2]CCCCCCc1cc(F)c(F)c(F)c1F. The Morgan fingerprint density at radius 3 is 2.16 bits per heavy atom. The number of halogens is 4. The van der Waals surface area contributed by atoms with E-state index >= 15 is 0 Å². The van der Waals surface area contributed by atoms with Crippen LogP contribution in [0.3, 0.4) is 0 Å². The third-order valence-corrected chi connectivity index (χ3v) is 4.92. The van der Waals surface area contributed by atoms with Gasteiger partial charge in [0.1, 0.15) is 0 Å². The van der Waals surface area contributed by atoms with Crippen molar-refractivity contribution in [2.75, 3.05) is 13.2 Å². The van der Waals surface area contributed by atoms with E-state index in [1.165, 1.54) is 0 Å². The molecule has 0 fully saturated rings. The van der Waals surface area contributed by atoms with Crippen molar-refractivity contribution in [1.29, 1.82) is 0 Å². The number of hydrogen-bond acceptors (Lipinski definition) is 3. The second-order valence-electron chi connectivity index (χ2n) is 5.55. The summed E-state index contributed by atoms with van der Waals surface area (Å²) in [5.41, 5.74) is -0.120. The highest BCUT2D eigenvalue weighted by molar-refractivity contribution is 6.27. The van der Waals surface area contributed by atoms with E-state index in [0.29, 0.717) is 19.6 Å². The molecule has 0 aliphatic carbocycles. The van der Waals surface area contributed by atoms with E-state index in [0.717, 1.165) is 31.4 Å². The first-order chi connectivity index (χ1) is 12.0. The van der Waals surface area contributed by atoms with Crippen LogP contribution in [0.15, 0.2) is 6.07 Å². The van der Waals surface area contributed by atoms with Crippen LogP contribution in [0.25, 0.3) is 0 Å². The Morgan fingerprint density at radius 1 is 0.880 bits per heavy atom. The van der Waals surface area contributed by atoms with Gasteiger partial charge < -0.3 is 13.9 Å². The number of benzene rings is 1. The maximum atomic E-state index is 13.5. The summed E-state index contributed by atoms with van der Waals surface area (Å²) in [5, 5.41) is 0. The molecule has 0 aliphatic heterocycles. The Balaban J connectivity index is 2.17. The summed E-state index contributed by atoms with van der Waals surface area (Å²) in [7, 11) is -0.734. The van der Waals surface area contributed by atoms with E-state index in [-0.39, 0.29) is 12.0 Å². The number of hydrogen-bond donors (Lipinski definition) is 0. The van der Waals surface area contributed by atoms with E-state index in [2.05, 4.69) is 0 Å². The van der Waals surface area contributed by atoms with Gasteiger partial charge in [0.2, 0.25) is 0 Å². The zero-order chi connectivity index (χ0) is 18.7. The molecular formula is C17H26F4O3Si. The maximum Gasteiger partial charge on any atom is 0.261 e. The number of unbranched alkanes of at least 4 members (excludes halogenated alkanes) is 3. The molecule has 0 heterocycles. The lowest BCUT2D eigenvalue weighted by Gasteiger charge is -2.17. The highest BCUT2D eigenvalue weighted by atomic mass is 28.2. The smallest absolute Gasteiger partial charge is 0.261 e. The average molecular weight is 382 g/mol. The quantitative estimate of drug-likeness (QED) is 0.128. The molecule has 0 saturated carbocycles. The Labute approximate surface area is 148 Å². The lowest BCUT2D eigenvalue weighted by molar-refractivity contribution is -0.243. The minimum atomic E-state index is -1.76. The molecule has 0 N–H and O–H groups in total. The molecule has 0 unspecified atom stereocenters. The summed E-state index contributed by atoms with van der Waals surface area (Å²) in [6.45, 7) is 4.23. The van der Waals surface area contributed by atoms with Crippen molar-refractivity contribution in [3.63, 3.8) is 0 Å². The zero-order valence-corrected chi connectivity index (χ0v) is 16.2. The summed E-state index contributed by atoms with van der Waals surface area (Å²) in [4.78, 5) is 0. The van der Waals surface area contributed by atoms with Crippen molar-refractivity contribution in [3.8, 4) is 0 Å². The van der Waals surface area contributed by atoms with Gasteiger partial charge >= 0.3 is 0 Å². The third kappa shape index (κ3) is 7.85. The summed E-state index contributed by atoms with van der Waals surface area (Å²) in [5.74, 6) is -6.15. The Bertz CT molecular complexity index is 511. The first kappa shape index (κ1) is 22.1. The fraction of sp³-hybridized carbons (Fsp3) is 0.647. The molecule has 25 heavy (non-hydrogen) atoms. The topological polar surface area (TPSA) is 27.7 Å². The third-order valence-electron chi connectivity index (χ3n) is 3.63. The van der Waals surface area contributed by atoms with Gasteiger partial charge in [0.15, 0.2) is 33.0 Å². The molecule has 8 heteroatoms. The van der Waals surface area contributed by atoms with Gasteiger partial charge in [0.25, 0.3) is 6.48 Å². The molecule has 0 radical (unpaired) electrons. The van der Waals surface area contributed by atoms with Crippen molar-refractivity contribution in [2.45, 2.75) is 58.5 Å². The summed E-state index contributed by atoms with van der Waals surface area (Å²) in [6, 6.07) is 1.70. The summed E-state index contributed by atoms with van der Waals surface area (Å²) < 4.78 is 68.7. The van der Waals surface area contributed by atoms with E-state index in [1.54, 1.807) is 0 Å². The fourth-order valence-electron chi connectivity index (χ4n) is 2.35. The Morgan fingerprint density at radius 2 is 1.52 bits per heavy atom. The first-order valence-electron chi connectivity index (χ1n) is 8.67. The fourth-order valence-corrected chi connectivity index (χ4v) is 3.46. The minimum absolute atomic E-state index is 0.120. The van der Waals surface area contributed by atoms with E-state index in [9.17, 15) is 17.6 Å². The van der Waals surface area contributed by atoms with Crippen LogP contribution in [-0.4, -0.2) is 29.5 Å². The molecule has 3 nitrogen and oxygen atoms in total. The van der Waals surface area contributed by atoms with E-state index < -0.39 is 39.5 Å². The Kier molecular flexibility index (Phi) is 11.0. The van der Waals surface area contributed by atoms with Crippen molar-refractivity contribution in [1.82, 2.24) is 0 Å². The van der Waals surface area contributed by atoms with Crippen molar-refractivity contribution < 1.29 is 31.5 Å². The summed E-state index contributed by atoms with van der Waals surface area (Å²) >= 11 is 0. The molecule has 0 spiro atoms. The van der Waals surface area contributed by atoms with Crippen LogP contribution in [0.2, 0.25) is 6.04 Å². The molecule has 0 bridgehead atoms. The molecular weight excluding hydrogens is 356 g/mol. The van der Waals surface area contributed by atoms with Gasteiger partial charge in [-0.1, -0.05) is 19.3 Å². The minimum Gasteiger partial charge on any atom is -0.379 e. The number of ether oxygens (including phenoxy) is 2. The van der Waals surface area contributed by atoms with Gasteiger partial charge in [-0.2, -0.15) is 0 Å². The lowest BCUT2D eigenvalue weighted by Crippen LogP contribution is -2.22. The van der Waals surface area contributed by atoms with Crippen LogP contribution in [0, 0.1) is 23.3 Å². The largest absolute Gasteiger partial charge is 0.379 e. The van der Waals surface area contributed by atoms with E-state index in [1.807, 2.05) is 13.8 Å². The van der Waals surface area contributed by atoms with Crippen molar-refractivity contribution in [3.05, 3.63) is 34.9 Å². The average Bonchev–Trinajstić information content (AvgIpc) is 2.59. The normalized spacial score (nSPS) is 12.0. The standard InChI is InChI=1S/C17H26F4O3Si/c1-3-22-17(23-4-2)24-25-10-8-6-5-7-9-12-11-13(18)15(20)16(21)14(12)19/h11,17H,3-10,25H2,1-2H3. The van der Waals surface area contributed by atoms with Gasteiger partial charge in [-0.3, -0.25) is 0 Å². The first-order valence-corrected chi connectivity index (χ1v) is 10.3. The molecule has 1 aromatic carbocycles. The molecule has 0 saturated heterocycles. The number of rotatable bonds is 13. The molecule has 0 aliphatic rings. The van der Waals surface area contributed by atoms with Crippen LogP contribution in [0.4, 0.5) is 17.6 Å². The second kappa shape index (κ2) is 12.4. The van der Waals surface area contributed by atoms with E-state index in [4.69, 9.17) is 13.9 Å². The van der Waals surface area contributed by atoms with Crippen LogP contribution < -0.4 is 0 Å². The van der Waals surface area contributed by atoms with Crippen LogP contribution in [-0.2, 0) is 20.3 Å². The molecule has 144 valence electrons. The molecule has 0 amide bonds. The highest BCUT2D eigenvalue weighted by Gasteiger charge is 2.18. The van der Waals surface area contributed by atoms with Gasteiger partial charge in [-0.05, 0) is 44.4 Å². The molecule has 1 rings (SSSR count). The number of aryl methyl sites for hydroxylation is 1. The monoisotopic (exact) mass is 382 g/mol. The Hall–Kier alpha value is -0.963. The van der Waals surface area contributed by atoms with Crippen LogP contribution >= 0.6 is 0 Å². The zero-order valence-electron chi connectivity index (χ0n) is 14.8. The predicted molar refractivity (Wildman–Crippen MR) is 89.9 cm³/mol. The summed E-state index contributed by atoms with van der Waals surface area (Å²) in [6.07, 6.45) is 3.45. The van der Waals surface area contributed by atoms with Gasteiger partial charge in [0.05, 0.1) is 0 Å². The van der Waals surface area contributed by atoms with Gasteiger partial charge in [0, 0.05) is 13.2 Å². The lowest BCUT2D eigenvalue weighted by atomic mass is 10.1. The molecule has 1 aromatic rings. The molecule has 0 atom stereocenters. The maximum absolute atomic E-state index is 13.5. The molecule has 0 aromatic heterocycles. The van der Waals surface area contributed by atoms with Gasteiger partial charge in [-0.15, -0.1) is 0 Å².